The number of hydrogen-bond donors (Lipinski definition) is 1. The molecule has 1 amide bonds. The number of methoxy groups -OCH3 is 1. The van der Waals surface area contributed by atoms with Crippen molar-refractivity contribution < 1.29 is 14.3 Å². The summed E-state index contributed by atoms with van der Waals surface area (Å²) in [5.74, 6) is 0.482. The van der Waals surface area contributed by atoms with E-state index in [4.69, 9.17) is 32.7 Å². The molecular weight excluding hydrogens is 325 g/mol. The van der Waals surface area contributed by atoms with Gasteiger partial charge in [-0.2, -0.15) is 0 Å². The third-order valence-electron chi connectivity index (χ3n) is 2.90. The van der Waals surface area contributed by atoms with Crippen LogP contribution >= 0.6 is 23.2 Å². The van der Waals surface area contributed by atoms with Gasteiger partial charge in [0.1, 0.15) is 0 Å². The second kappa shape index (κ2) is 7.38. The molecule has 0 aromatic heterocycles. The first-order valence-corrected chi connectivity index (χ1v) is 7.38. The normalized spacial score (nSPS) is 10.2. The number of carbonyl (C=O) groups excluding carboxylic acids is 1. The Kier molecular flexibility index (Phi) is 5.52. The molecule has 2 rings (SSSR count). The fraction of sp³-hybridized carbons (Fsp3) is 0.188. The van der Waals surface area contributed by atoms with Crippen molar-refractivity contribution in [2.24, 2.45) is 0 Å². The Morgan fingerprint density at radius 1 is 1.18 bits per heavy atom. The third-order valence-corrected chi connectivity index (χ3v) is 3.51. The Labute approximate surface area is 138 Å². The Balaban J connectivity index is 2.30. The summed E-state index contributed by atoms with van der Waals surface area (Å²) in [6.07, 6.45) is 0. The Hall–Kier alpha value is -1.91. The Bertz CT molecular complexity index is 689. The molecule has 22 heavy (non-hydrogen) atoms. The molecule has 0 saturated carbocycles. The molecule has 2 aromatic carbocycles. The largest absolute Gasteiger partial charge is 0.493 e. The lowest BCUT2D eigenvalue weighted by Gasteiger charge is -2.13. The van der Waals surface area contributed by atoms with Crippen LogP contribution in [0.3, 0.4) is 0 Å². The SMILES string of the molecule is CCOc1c(Cl)cc(C(=O)Nc2ccccc2Cl)cc1OC. The average Bonchev–Trinajstić information content (AvgIpc) is 2.51. The van der Waals surface area contributed by atoms with Crippen LogP contribution in [0.1, 0.15) is 17.3 Å². The molecule has 0 bridgehead atoms. The molecule has 1 N–H and O–H groups in total. The summed E-state index contributed by atoms with van der Waals surface area (Å²) in [4.78, 5) is 12.3. The Morgan fingerprint density at radius 2 is 1.91 bits per heavy atom. The molecule has 0 heterocycles. The summed E-state index contributed by atoms with van der Waals surface area (Å²) < 4.78 is 10.6. The smallest absolute Gasteiger partial charge is 0.255 e. The maximum absolute atomic E-state index is 12.3. The van der Waals surface area contributed by atoms with Gasteiger partial charge in [-0.05, 0) is 31.2 Å². The van der Waals surface area contributed by atoms with Crippen molar-refractivity contribution in [1.82, 2.24) is 0 Å². The first-order chi connectivity index (χ1) is 10.6. The van der Waals surface area contributed by atoms with Gasteiger partial charge in [0.15, 0.2) is 11.5 Å². The summed E-state index contributed by atoms with van der Waals surface area (Å²) in [5.41, 5.74) is 0.878. The minimum absolute atomic E-state index is 0.311. The van der Waals surface area contributed by atoms with Gasteiger partial charge in [0, 0.05) is 5.56 Å². The van der Waals surface area contributed by atoms with E-state index in [0.717, 1.165) is 0 Å². The van der Waals surface area contributed by atoms with Gasteiger partial charge in [-0.3, -0.25) is 4.79 Å². The van der Waals surface area contributed by atoms with Crippen LogP contribution in [0.25, 0.3) is 0 Å². The first kappa shape index (κ1) is 16.5. The van der Waals surface area contributed by atoms with E-state index in [-0.39, 0.29) is 5.91 Å². The highest BCUT2D eigenvalue weighted by Crippen LogP contribution is 2.36. The number of halogens is 2. The van der Waals surface area contributed by atoms with Crippen LogP contribution in [0.2, 0.25) is 10.0 Å². The zero-order valence-electron chi connectivity index (χ0n) is 12.2. The Morgan fingerprint density at radius 3 is 2.55 bits per heavy atom. The summed E-state index contributed by atoms with van der Waals surface area (Å²) >= 11 is 12.2. The number of benzene rings is 2. The van der Waals surface area contributed by atoms with Crippen molar-refractivity contribution in [1.29, 1.82) is 0 Å². The minimum atomic E-state index is -0.337. The number of rotatable bonds is 5. The molecule has 0 saturated heterocycles. The summed E-state index contributed by atoms with van der Waals surface area (Å²) in [6, 6.07) is 10.1. The molecule has 0 aliphatic heterocycles. The van der Waals surface area contributed by atoms with Gasteiger partial charge >= 0.3 is 0 Å². The van der Waals surface area contributed by atoms with E-state index in [2.05, 4.69) is 5.32 Å². The van der Waals surface area contributed by atoms with E-state index in [1.54, 1.807) is 30.3 Å². The van der Waals surface area contributed by atoms with Gasteiger partial charge in [0.05, 0.1) is 29.4 Å². The van der Waals surface area contributed by atoms with E-state index in [1.165, 1.54) is 13.2 Å². The van der Waals surface area contributed by atoms with Crippen LogP contribution in [-0.4, -0.2) is 19.6 Å². The van der Waals surface area contributed by atoms with Gasteiger partial charge in [-0.1, -0.05) is 35.3 Å². The summed E-state index contributed by atoms with van der Waals surface area (Å²) in [6.45, 7) is 2.29. The van der Waals surface area contributed by atoms with Crippen molar-refractivity contribution >= 4 is 34.8 Å². The second-order valence-corrected chi connectivity index (χ2v) is 5.17. The predicted molar refractivity (Wildman–Crippen MR) is 88.6 cm³/mol. The average molecular weight is 340 g/mol. The lowest BCUT2D eigenvalue weighted by atomic mass is 10.1. The van der Waals surface area contributed by atoms with Crippen molar-refractivity contribution in [3.63, 3.8) is 0 Å². The molecule has 4 nitrogen and oxygen atoms in total. The van der Waals surface area contributed by atoms with E-state index in [1.807, 2.05) is 6.92 Å². The van der Waals surface area contributed by atoms with Crippen LogP contribution in [0.4, 0.5) is 5.69 Å². The third kappa shape index (κ3) is 3.64. The molecular formula is C16H15Cl2NO3. The van der Waals surface area contributed by atoms with E-state index in [9.17, 15) is 4.79 Å². The molecule has 6 heteroatoms. The number of nitrogens with one attached hydrogen (secondary N) is 1. The van der Waals surface area contributed by atoms with Crippen molar-refractivity contribution in [3.05, 3.63) is 52.0 Å². The molecule has 116 valence electrons. The number of amides is 1. The predicted octanol–water partition coefficient (Wildman–Crippen LogP) is 4.65. The number of anilines is 1. The van der Waals surface area contributed by atoms with Gasteiger partial charge in [-0.15, -0.1) is 0 Å². The first-order valence-electron chi connectivity index (χ1n) is 6.63. The molecule has 2 aromatic rings. The molecule has 0 spiro atoms. The number of hydrogen-bond acceptors (Lipinski definition) is 3. The van der Waals surface area contributed by atoms with E-state index < -0.39 is 0 Å². The zero-order chi connectivity index (χ0) is 16.1. The fourth-order valence-corrected chi connectivity index (χ4v) is 2.34. The van der Waals surface area contributed by atoms with E-state index in [0.29, 0.717) is 39.4 Å². The fourth-order valence-electron chi connectivity index (χ4n) is 1.89. The van der Waals surface area contributed by atoms with Crippen LogP contribution in [0, 0.1) is 0 Å². The van der Waals surface area contributed by atoms with Gasteiger partial charge in [0.2, 0.25) is 0 Å². The monoisotopic (exact) mass is 339 g/mol. The van der Waals surface area contributed by atoms with Crippen molar-refractivity contribution in [2.75, 3.05) is 19.0 Å². The molecule has 0 radical (unpaired) electrons. The highest BCUT2D eigenvalue weighted by Gasteiger charge is 2.16. The zero-order valence-corrected chi connectivity index (χ0v) is 13.7. The van der Waals surface area contributed by atoms with Crippen molar-refractivity contribution in [2.45, 2.75) is 6.92 Å². The van der Waals surface area contributed by atoms with Crippen LogP contribution < -0.4 is 14.8 Å². The maximum Gasteiger partial charge on any atom is 0.255 e. The molecule has 0 aliphatic carbocycles. The number of carbonyl (C=O) groups is 1. The van der Waals surface area contributed by atoms with Crippen LogP contribution in [-0.2, 0) is 0 Å². The van der Waals surface area contributed by atoms with Crippen molar-refractivity contribution in [3.8, 4) is 11.5 Å². The van der Waals surface area contributed by atoms with Crippen LogP contribution in [0.5, 0.6) is 11.5 Å². The number of ether oxygens (including phenoxy) is 2. The molecule has 0 unspecified atom stereocenters. The highest BCUT2D eigenvalue weighted by atomic mass is 35.5. The molecule has 0 fully saturated rings. The molecule has 0 aliphatic rings. The quantitative estimate of drug-likeness (QED) is 0.862. The van der Waals surface area contributed by atoms with E-state index >= 15 is 0 Å². The van der Waals surface area contributed by atoms with Gasteiger partial charge in [0.25, 0.3) is 5.91 Å². The topological polar surface area (TPSA) is 47.6 Å². The highest BCUT2D eigenvalue weighted by molar-refractivity contribution is 6.34. The summed E-state index contributed by atoms with van der Waals surface area (Å²) in [5, 5.41) is 3.50. The molecule has 0 atom stereocenters. The van der Waals surface area contributed by atoms with Gasteiger partial charge < -0.3 is 14.8 Å². The lowest BCUT2D eigenvalue weighted by Crippen LogP contribution is -2.12. The summed E-state index contributed by atoms with van der Waals surface area (Å²) in [7, 11) is 1.49. The minimum Gasteiger partial charge on any atom is -0.493 e. The standard InChI is InChI=1S/C16H15Cl2NO3/c1-3-22-15-12(18)8-10(9-14(15)21-2)16(20)19-13-7-5-4-6-11(13)17/h4-9H,3H2,1-2H3,(H,19,20). The maximum atomic E-state index is 12.3. The second-order valence-electron chi connectivity index (χ2n) is 4.36. The number of para-hydroxylation sites is 1. The lowest BCUT2D eigenvalue weighted by molar-refractivity contribution is 0.102. The van der Waals surface area contributed by atoms with Crippen LogP contribution in [0.15, 0.2) is 36.4 Å². The van der Waals surface area contributed by atoms with Gasteiger partial charge in [-0.25, -0.2) is 0 Å².